The first-order valence-electron chi connectivity index (χ1n) is 11.0. The van der Waals surface area contributed by atoms with Gasteiger partial charge in [-0.15, -0.1) is 0 Å². The van der Waals surface area contributed by atoms with E-state index in [1.807, 2.05) is 6.07 Å². The molecule has 2 aromatic rings. The number of carbonyl (C=O) groups excluding carboxylic acids is 1. The van der Waals surface area contributed by atoms with E-state index < -0.39 is 21.3 Å². The van der Waals surface area contributed by atoms with Gasteiger partial charge in [-0.3, -0.25) is 0 Å². The van der Waals surface area contributed by atoms with Gasteiger partial charge in [0.1, 0.15) is 0 Å². The Kier molecular flexibility index (Phi) is 5.92. The third-order valence-electron chi connectivity index (χ3n) is 6.93. The number of esters is 1. The van der Waals surface area contributed by atoms with Crippen molar-refractivity contribution in [3.63, 3.8) is 0 Å². The monoisotopic (exact) mass is 565 g/mol. The summed E-state index contributed by atoms with van der Waals surface area (Å²) < 4.78 is 39.4. The Bertz CT molecular complexity index is 1160. The van der Waals surface area contributed by atoms with Crippen molar-refractivity contribution in [2.75, 3.05) is 12.4 Å². The van der Waals surface area contributed by atoms with E-state index in [4.69, 9.17) is 9.29 Å². The molecule has 0 spiro atoms. The molecule has 0 aromatic heterocycles. The van der Waals surface area contributed by atoms with Crippen molar-refractivity contribution in [1.82, 2.24) is 0 Å². The number of hydrogen-bond donors (Lipinski definition) is 1. The fourth-order valence-corrected chi connectivity index (χ4v) is 8.69. The minimum atomic E-state index is -4.16. The standard InChI is InChI=1S/C25H26IO5S/c27-24(31-9-10-32(28,29)30)25-15-17-11-18(16-25)13-20(12-17)23(25)19-5-4-8-22(14-19)26-21-6-2-1-3-7-21/h1-8,12,14,17-18,23H,9-11,13,15-16H2,(H,28,29,30)/q-1. The fraction of sp³-hybridized carbons (Fsp3) is 0.400. The predicted molar refractivity (Wildman–Crippen MR) is 116 cm³/mol. The third-order valence-corrected chi connectivity index (χ3v) is 10.2. The van der Waals surface area contributed by atoms with Crippen LogP contribution in [0.15, 0.2) is 66.2 Å². The van der Waals surface area contributed by atoms with Crippen molar-refractivity contribution in [1.29, 1.82) is 0 Å². The third kappa shape index (κ3) is 4.39. The Morgan fingerprint density at radius 3 is 2.62 bits per heavy atom. The van der Waals surface area contributed by atoms with Crippen LogP contribution >= 0.6 is 0 Å². The number of hydrogen-bond acceptors (Lipinski definition) is 4. The number of halogens is 1. The van der Waals surface area contributed by atoms with Crippen LogP contribution in [-0.4, -0.2) is 31.3 Å². The van der Waals surface area contributed by atoms with Crippen molar-refractivity contribution >= 4 is 16.1 Å². The van der Waals surface area contributed by atoms with Gasteiger partial charge in [-0.05, 0) is 0 Å². The molecule has 4 aliphatic rings. The number of carbonyl (C=O) groups is 1. The Balaban J connectivity index is 1.46. The van der Waals surface area contributed by atoms with E-state index in [2.05, 4.69) is 54.6 Å². The van der Waals surface area contributed by atoms with Gasteiger partial charge in [-0.2, -0.15) is 0 Å². The molecule has 0 saturated heterocycles. The summed E-state index contributed by atoms with van der Waals surface area (Å²) >= 11 is -0.312. The van der Waals surface area contributed by atoms with Gasteiger partial charge in [-0.25, -0.2) is 0 Å². The topological polar surface area (TPSA) is 80.7 Å². The molecule has 6 rings (SSSR count). The summed E-state index contributed by atoms with van der Waals surface area (Å²) in [6, 6.07) is 19.2. The van der Waals surface area contributed by atoms with Crippen LogP contribution in [0.4, 0.5) is 0 Å². The molecule has 0 amide bonds. The number of ether oxygens (including phenoxy) is 1. The molecule has 1 N–H and O–H groups in total. The number of rotatable bonds is 7. The van der Waals surface area contributed by atoms with E-state index in [9.17, 15) is 13.2 Å². The molecule has 2 fully saturated rings. The zero-order valence-corrected chi connectivity index (χ0v) is 20.6. The molecule has 7 heteroatoms. The van der Waals surface area contributed by atoms with Crippen LogP contribution in [0.1, 0.15) is 37.2 Å². The van der Waals surface area contributed by atoms with E-state index in [-0.39, 0.29) is 39.7 Å². The first-order valence-corrected chi connectivity index (χ1v) is 14.7. The van der Waals surface area contributed by atoms with Gasteiger partial charge < -0.3 is 0 Å². The molecular weight excluding hydrogens is 539 g/mol. The van der Waals surface area contributed by atoms with E-state index in [1.54, 1.807) is 0 Å². The van der Waals surface area contributed by atoms with Crippen LogP contribution in [-0.2, 0) is 19.6 Å². The first kappa shape index (κ1) is 22.1. The second-order valence-electron chi connectivity index (χ2n) is 9.17. The van der Waals surface area contributed by atoms with Gasteiger partial charge in [0.2, 0.25) is 0 Å². The fourth-order valence-electron chi connectivity index (χ4n) is 6.00. The molecule has 2 aromatic carbocycles. The van der Waals surface area contributed by atoms with Crippen LogP contribution in [0.5, 0.6) is 0 Å². The molecule has 170 valence electrons. The average molecular weight is 565 g/mol. The summed E-state index contributed by atoms with van der Waals surface area (Å²) in [7, 11) is -4.16. The Labute approximate surface area is 199 Å². The second kappa shape index (κ2) is 8.57. The molecule has 4 atom stereocenters. The summed E-state index contributed by atoms with van der Waals surface area (Å²) in [5, 5.41) is 0. The average Bonchev–Trinajstić information content (AvgIpc) is 2.73. The van der Waals surface area contributed by atoms with Crippen molar-refractivity contribution in [3.05, 3.63) is 79.0 Å². The molecule has 4 bridgehead atoms. The van der Waals surface area contributed by atoms with Crippen molar-refractivity contribution < 1.29 is 43.7 Å². The molecular formula is C25H26IO5S-. The summed E-state index contributed by atoms with van der Waals surface area (Å²) in [6.07, 6.45) is 6.06. The summed E-state index contributed by atoms with van der Waals surface area (Å²) in [4.78, 5) is 13.4. The van der Waals surface area contributed by atoms with Gasteiger partial charge in [0.25, 0.3) is 0 Å². The van der Waals surface area contributed by atoms with Gasteiger partial charge in [-0.1, -0.05) is 0 Å². The SMILES string of the molecule is O=C(OCCS(=O)(=O)O)C12CC3C=C(CC(C3)C1)C2c1cccc([I-]c2ccccc2)c1. The van der Waals surface area contributed by atoms with E-state index >= 15 is 0 Å². The van der Waals surface area contributed by atoms with Crippen molar-refractivity contribution in [2.45, 2.75) is 31.6 Å². The molecule has 4 aliphatic carbocycles. The summed E-state index contributed by atoms with van der Waals surface area (Å²) in [6.45, 7) is -0.306. The van der Waals surface area contributed by atoms with E-state index in [1.165, 1.54) is 12.7 Å². The number of allylic oxidation sites excluding steroid dienone is 2. The van der Waals surface area contributed by atoms with E-state index in [0.717, 1.165) is 31.2 Å². The molecule has 0 radical (unpaired) electrons. The van der Waals surface area contributed by atoms with E-state index in [0.29, 0.717) is 11.8 Å². The molecule has 2 saturated carbocycles. The van der Waals surface area contributed by atoms with Crippen LogP contribution in [0.2, 0.25) is 0 Å². The van der Waals surface area contributed by atoms with Crippen LogP contribution in [0.25, 0.3) is 0 Å². The summed E-state index contributed by atoms with van der Waals surface area (Å²) in [5.74, 6) is -0.0177. The normalized spacial score (nSPS) is 28.5. The maximum absolute atomic E-state index is 13.4. The zero-order chi connectivity index (χ0) is 22.3. The Morgan fingerprint density at radius 2 is 1.88 bits per heavy atom. The quantitative estimate of drug-likeness (QED) is 0.235. The Morgan fingerprint density at radius 1 is 1.09 bits per heavy atom. The van der Waals surface area contributed by atoms with Crippen LogP contribution in [0, 0.1) is 24.4 Å². The molecule has 4 unspecified atom stereocenters. The number of benzene rings is 2. The predicted octanol–water partition coefficient (Wildman–Crippen LogP) is 1.08. The van der Waals surface area contributed by atoms with Crippen molar-refractivity contribution in [2.24, 2.45) is 17.3 Å². The molecule has 0 heterocycles. The minimum absolute atomic E-state index is 0.0201. The first-order chi connectivity index (χ1) is 15.3. The Hall–Kier alpha value is -1.71. The van der Waals surface area contributed by atoms with Crippen LogP contribution < -0.4 is 21.2 Å². The molecule has 32 heavy (non-hydrogen) atoms. The van der Waals surface area contributed by atoms with Gasteiger partial charge in [0.15, 0.2) is 0 Å². The van der Waals surface area contributed by atoms with Gasteiger partial charge in [0, 0.05) is 0 Å². The van der Waals surface area contributed by atoms with Crippen LogP contribution in [0.3, 0.4) is 0 Å². The second-order valence-corrected chi connectivity index (χ2v) is 13.8. The molecule has 5 nitrogen and oxygen atoms in total. The maximum atomic E-state index is 13.4. The molecule has 0 aliphatic heterocycles. The van der Waals surface area contributed by atoms with Crippen molar-refractivity contribution in [3.8, 4) is 0 Å². The zero-order valence-electron chi connectivity index (χ0n) is 17.6. The van der Waals surface area contributed by atoms with Gasteiger partial charge >= 0.3 is 200 Å². The summed E-state index contributed by atoms with van der Waals surface area (Å²) in [5.41, 5.74) is 1.86. The van der Waals surface area contributed by atoms with Gasteiger partial charge in [0.05, 0.1) is 0 Å².